The molecule has 0 spiro atoms. The molecule has 0 heterocycles. The highest BCUT2D eigenvalue weighted by Crippen LogP contribution is 2.22. The Balaban J connectivity index is 1.60. The van der Waals surface area contributed by atoms with Crippen molar-refractivity contribution in [3.05, 3.63) is 101 Å². The van der Waals surface area contributed by atoms with E-state index in [1.165, 1.54) is 0 Å². The molecule has 3 aromatic carbocycles. The average Bonchev–Trinajstić information content (AvgIpc) is 2.75. The van der Waals surface area contributed by atoms with Crippen LogP contribution in [-0.2, 0) is 9.59 Å². The van der Waals surface area contributed by atoms with E-state index in [9.17, 15) is 9.59 Å². The molecule has 3 aromatic rings. The molecule has 0 unspecified atom stereocenters. The van der Waals surface area contributed by atoms with Gasteiger partial charge in [-0.1, -0.05) is 84.4 Å². The number of halogens is 1. The van der Waals surface area contributed by atoms with Gasteiger partial charge in [0.05, 0.1) is 29.8 Å². The van der Waals surface area contributed by atoms with E-state index < -0.39 is 0 Å². The van der Waals surface area contributed by atoms with E-state index in [1.807, 2.05) is 60.7 Å². The van der Waals surface area contributed by atoms with Crippen LogP contribution < -0.4 is 10.6 Å². The third-order valence-corrected chi connectivity index (χ3v) is 4.88. The standard InChI is InChI=1S/C24H24ClN3O2/c1-28(16-22(29)26-21-15-9-8-14-20(21)25)17-23(30)27-24(18-10-4-2-5-11-18)19-12-6-3-7-13-19/h2-15,24H,16-17H2,1H3,(H,26,29)(H,27,30). The van der Waals surface area contributed by atoms with Crippen LogP contribution in [0.1, 0.15) is 17.2 Å². The Labute approximate surface area is 181 Å². The first kappa shape index (κ1) is 21.6. The van der Waals surface area contributed by atoms with Crippen LogP contribution in [0.5, 0.6) is 0 Å². The van der Waals surface area contributed by atoms with Gasteiger partial charge in [0.25, 0.3) is 0 Å². The van der Waals surface area contributed by atoms with Gasteiger partial charge in [-0.15, -0.1) is 0 Å². The average molecular weight is 422 g/mol. The quantitative estimate of drug-likeness (QED) is 0.575. The number of para-hydroxylation sites is 1. The zero-order valence-corrected chi connectivity index (χ0v) is 17.5. The lowest BCUT2D eigenvalue weighted by molar-refractivity contribution is -0.123. The molecule has 30 heavy (non-hydrogen) atoms. The van der Waals surface area contributed by atoms with E-state index in [1.54, 1.807) is 36.2 Å². The van der Waals surface area contributed by atoms with Crippen LogP contribution in [-0.4, -0.2) is 36.9 Å². The first-order valence-electron chi connectivity index (χ1n) is 9.65. The smallest absolute Gasteiger partial charge is 0.238 e. The fourth-order valence-corrected chi connectivity index (χ4v) is 3.34. The van der Waals surface area contributed by atoms with Crippen molar-refractivity contribution in [2.75, 3.05) is 25.5 Å². The first-order chi connectivity index (χ1) is 14.5. The molecule has 0 aliphatic heterocycles. The number of benzene rings is 3. The van der Waals surface area contributed by atoms with Gasteiger partial charge in [0, 0.05) is 0 Å². The van der Waals surface area contributed by atoms with Crippen molar-refractivity contribution in [2.45, 2.75) is 6.04 Å². The molecule has 0 saturated carbocycles. The van der Waals surface area contributed by atoms with Gasteiger partial charge < -0.3 is 10.6 Å². The van der Waals surface area contributed by atoms with Crippen molar-refractivity contribution in [1.29, 1.82) is 0 Å². The summed E-state index contributed by atoms with van der Waals surface area (Å²) in [6, 6.07) is 26.4. The molecule has 0 bridgehead atoms. The summed E-state index contributed by atoms with van der Waals surface area (Å²) in [5.74, 6) is -0.401. The Bertz CT molecular complexity index is 941. The molecule has 0 saturated heterocycles. The Hall–Kier alpha value is -3.15. The number of nitrogens with zero attached hydrogens (tertiary/aromatic N) is 1. The zero-order chi connectivity index (χ0) is 21.3. The summed E-state index contributed by atoms with van der Waals surface area (Å²) in [4.78, 5) is 26.6. The number of likely N-dealkylation sites (N-methyl/N-ethyl adjacent to an activating group) is 1. The molecular weight excluding hydrogens is 398 g/mol. The summed E-state index contributed by atoms with van der Waals surface area (Å²) in [5, 5.41) is 6.31. The van der Waals surface area contributed by atoms with Crippen LogP contribution >= 0.6 is 11.6 Å². The van der Waals surface area contributed by atoms with Crippen molar-refractivity contribution >= 4 is 29.1 Å². The number of carbonyl (C=O) groups excluding carboxylic acids is 2. The van der Waals surface area contributed by atoms with Crippen LogP contribution in [0.25, 0.3) is 0 Å². The Morgan fingerprint density at radius 1 is 0.800 bits per heavy atom. The van der Waals surface area contributed by atoms with Crippen LogP contribution in [0.4, 0.5) is 5.69 Å². The highest BCUT2D eigenvalue weighted by molar-refractivity contribution is 6.33. The highest BCUT2D eigenvalue weighted by atomic mass is 35.5. The normalized spacial score (nSPS) is 10.8. The summed E-state index contributed by atoms with van der Waals surface area (Å²) in [5.41, 5.74) is 2.54. The third-order valence-electron chi connectivity index (χ3n) is 4.55. The molecule has 3 rings (SSSR count). The molecule has 6 heteroatoms. The van der Waals surface area contributed by atoms with Crippen LogP contribution in [0.3, 0.4) is 0 Å². The SMILES string of the molecule is CN(CC(=O)Nc1ccccc1Cl)CC(=O)NC(c1ccccc1)c1ccccc1. The van der Waals surface area contributed by atoms with Crippen molar-refractivity contribution in [1.82, 2.24) is 10.2 Å². The summed E-state index contributed by atoms with van der Waals surface area (Å²) in [6.07, 6.45) is 0. The zero-order valence-electron chi connectivity index (χ0n) is 16.7. The molecule has 5 nitrogen and oxygen atoms in total. The molecule has 0 aromatic heterocycles. The van der Waals surface area contributed by atoms with E-state index in [4.69, 9.17) is 11.6 Å². The summed E-state index contributed by atoms with van der Waals surface area (Å²) in [6.45, 7) is 0.159. The predicted molar refractivity (Wildman–Crippen MR) is 120 cm³/mol. The molecule has 0 aliphatic carbocycles. The number of nitrogens with one attached hydrogen (secondary N) is 2. The Kier molecular flexibility index (Phi) is 7.60. The number of amides is 2. The number of carbonyl (C=O) groups is 2. The summed E-state index contributed by atoms with van der Waals surface area (Å²) < 4.78 is 0. The Morgan fingerprint density at radius 3 is 1.87 bits per heavy atom. The minimum atomic E-state index is -0.259. The predicted octanol–water partition coefficient (Wildman–Crippen LogP) is 4.12. The van der Waals surface area contributed by atoms with Gasteiger partial charge in [0.1, 0.15) is 0 Å². The van der Waals surface area contributed by atoms with Crippen molar-refractivity contribution in [3.63, 3.8) is 0 Å². The van der Waals surface area contributed by atoms with Gasteiger partial charge >= 0.3 is 0 Å². The maximum atomic E-state index is 12.7. The van der Waals surface area contributed by atoms with Gasteiger partial charge in [0.15, 0.2) is 0 Å². The number of rotatable bonds is 8. The largest absolute Gasteiger partial charge is 0.344 e. The molecule has 0 atom stereocenters. The van der Waals surface area contributed by atoms with E-state index in [0.29, 0.717) is 10.7 Å². The maximum absolute atomic E-state index is 12.7. The van der Waals surface area contributed by atoms with Crippen molar-refractivity contribution < 1.29 is 9.59 Å². The highest BCUT2D eigenvalue weighted by Gasteiger charge is 2.18. The number of hydrogen-bond acceptors (Lipinski definition) is 3. The first-order valence-corrected chi connectivity index (χ1v) is 10.0. The van der Waals surface area contributed by atoms with Gasteiger partial charge in [-0.2, -0.15) is 0 Å². The second-order valence-electron chi connectivity index (χ2n) is 7.02. The second kappa shape index (κ2) is 10.6. The fraction of sp³-hybridized carbons (Fsp3) is 0.167. The van der Waals surface area contributed by atoms with E-state index in [-0.39, 0.29) is 30.9 Å². The number of anilines is 1. The monoisotopic (exact) mass is 421 g/mol. The van der Waals surface area contributed by atoms with Gasteiger partial charge in [-0.25, -0.2) is 0 Å². The third kappa shape index (κ3) is 6.17. The lowest BCUT2D eigenvalue weighted by Crippen LogP contribution is -2.40. The topological polar surface area (TPSA) is 61.4 Å². The Morgan fingerprint density at radius 2 is 1.30 bits per heavy atom. The maximum Gasteiger partial charge on any atom is 0.238 e. The fourth-order valence-electron chi connectivity index (χ4n) is 3.16. The van der Waals surface area contributed by atoms with Gasteiger partial charge in [-0.05, 0) is 30.3 Å². The van der Waals surface area contributed by atoms with E-state index >= 15 is 0 Å². The molecule has 0 radical (unpaired) electrons. The van der Waals surface area contributed by atoms with Gasteiger partial charge in [-0.3, -0.25) is 14.5 Å². The molecular formula is C24H24ClN3O2. The molecule has 0 fully saturated rings. The van der Waals surface area contributed by atoms with Crippen LogP contribution in [0, 0.1) is 0 Å². The lowest BCUT2D eigenvalue weighted by atomic mass is 9.99. The summed E-state index contributed by atoms with van der Waals surface area (Å²) in [7, 11) is 1.73. The molecule has 2 amide bonds. The van der Waals surface area contributed by atoms with E-state index in [2.05, 4.69) is 10.6 Å². The van der Waals surface area contributed by atoms with E-state index in [0.717, 1.165) is 11.1 Å². The van der Waals surface area contributed by atoms with Crippen molar-refractivity contribution in [3.8, 4) is 0 Å². The van der Waals surface area contributed by atoms with Crippen molar-refractivity contribution in [2.24, 2.45) is 0 Å². The number of hydrogen-bond donors (Lipinski definition) is 2. The van der Waals surface area contributed by atoms with Crippen LogP contribution in [0.15, 0.2) is 84.9 Å². The lowest BCUT2D eigenvalue weighted by Gasteiger charge is -2.22. The van der Waals surface area contributed by atoms with Gasteiger partial charge in [0.2, 0.25) is 11.8 Å². The molecule has 0 aliphatic rings. The summed E-state index contributed by atoms with van der Waals surface area (Å²) >= 11 is 6.07. The molecule has 154 valence electrons. The minimum Gasteiger partial charge on any atom is -0.344 e. The minimum absolute atomic E-state index is 0.0694. The second-order valence-corrected chi connectivity index (χ2v) is 7.43. The van der Waals surface area contributed by atoms with Crippen LogP contribution in [0.2, 0.25) is 5.02 Å². The molecule has 2 N–H and O–H groups in total.